The summed E-state index contributed by atoms with van der Waals surface area (Å²) in [5, 5.41) is 11.6. The quantitative estimate of drug-likeness (QED) is 0.506. The maximum atomic E-state index is 12.1. The first kappa shape index (κ1) is 16.7. The molecule has 9 heteroatoms. The third-order valence-corrected chi connectivity index (χ3v) is 3.86. The number of nitrogens with zero attached hydrogens (tertiary/aromatic N) is 4. The predicted octanol–water partition coefficient (Wildman–Crippen LogP) is 3.77. The largest absolute Gasteiger partial charge is 0.423 e. The van der Waals surface area contributed by atoms with Gasteiger partial charge in [-0.3, -0.25) is 4.79 Å². The molecule has 0 unspecified atom stereocenters. The first-order valence-electron chi connectivity index (χ1n) is 6.70. The molecule has 0 aliphatic rings. The van der Waals surface area contributed by atoms with Crippen LogP contribution in [0.1, 0.15) is 5.56 Å². The molecule has 0 N–H and O–H groups in total. The van der Waals surface area contributed by atoms with Crippen molar-refractivity contribution in [2.45, 2.75) is 6.42 Å². The van der Waals surface area contributed by atoms with Gasteiger partial charge in [0.15, 0.2) is 5.75 Å². The summed E-state index contributed by atoms with van der Waals surface area (Å²) in [6.45, 7) is 0. The molecule has 0 radical (unpaired) electrons. The molecular weight excluding hydrogens is 375 g/mol. The molecule has 24 heavy (non-hydrogen) atoms. The van der Waals surface area contributed by atoms with Gasteiger partial charge < -0.3 is 4.74 Å². The number of ether oxygens (including phenoxy) is 1. The summed E-state index contributed by atoms with van der Waals surface area (Å²) in [6, 6.07) is 10.1. The highest BCUT2D eigenvalue weighted by Gasteiger charge is 2.14. The van der Waals surface area contributed by atoms with Gasteiger partial charge in [0.25, 0.3) is 0 Å². The van der Waals surface area contributed by atoms with Gasteiger partial charge in [0, 0.05) is 5.02 Å². The Morgan fingerprint density at radius 2 is 1.75 bits per heavy atom. The molecule has 0 atom stereocenters. The zero-order valence-electron chi connectivity index (χ0n) is 12.0. The van der Waals surface area contributed by atoms with Crippen molar-refractivity contribution in [2.75, 3.05) is 0 Å². The average Bonchev–Trinajstić information content (AvgIpc) is 3.06. The highest BCUT2D eigenvalue weighted by Crippen LogP contribution is 2.36. The zero-order chi connectivity index (χ0) is 17.1. The van der Waals surface area contributed by atoms with E-state index < -0.39 is 5.97 Å². The molecule has 1 aromatic heterocycles. The van der Waals surface area contributed by atoms with Crippen molar-refractivity contribution in [3.8, 4) is 11.4 Å². The Bertz CT molecular complexity index is 844. The third-order valence-electron chi connectivity index (χ3n) is 3.08. The molecule has 0 amide bonds. The van der Waals surface area contributed by atoms with Crippen molar-refractivity contribution >= 4 is 40.8 Å². The van der Waals surface area contributed by atoms with E-state index in [2.05, 4.69) is 15.5 Å². The van der Waals surface area contributed by atoms with Crippen LogP contribution in [0.2, 0.25) is 15.1 Å². The van der Waals surface area contributed by atoms with E-state index in [1.165, 1.54) is 23.1 Å². The summed E-state index contributed by atoms with van der Waals surface area (Å²) < 4.78 is 6.75. The fourth-order valence-electron chi connectivity index (χ4n) is 1.99. The van der Waals surface area contributed by atoms with Gasteiger partial charge in [-0.05, 0) is 40.3 Å². The molecule has 1 heterocycles. The molecule has 2 aromatic carbocycles. The lowest BCUT2D eigenvalue weighted by atomic mass is 10.1. The second-order valence-electron chi connectivity index (χ2n) is 4.77. The average molecular weight is 384 g/mol. The van der Waals surface area contributed by atoms with E-state index in [-0.39, 0.29) is 22.2 Å². The number of carbonyl (C=O) groups excluding carboxylic acids is 1. The topological polar surface area (TPSA) is 69.9 Å². The minimum atomic E-state index is -0.490. The third kappa shape index (κ3) is 3.84. The Hall–Kier alpha value is -2.15. The van der Waals surface area contributed by atoms with Crippen LogP contribution in [-0.2, 0) is 11.2 Å². The Balaban J connectivity index is 1.69. The molecule has 3 aromatic rings. The number of aromatic nitrogens is 4. The van der Waals surface area contributed by atoms with Crippen molar-refractivity contribution in [1.82, 2.24) is 20.2 Å². The van der Waals surface area contributed by atoms with Crippen LogP contribution in [-0.4, -0.2) is 26.2 Å². The normalized spacial score (nSPS) is 10.6. The lowest BCUT2D eigenvalue weighted by molar-refractivity contribution is -0.133. The number of halogens is 3. The summed E-state index contributed by atoms with van der Waals surface area (Å²) in [7, 11) is 0. The number of rotatable bonds is 4. The number of esters is 1. The van der Waals surface area contributed by atoms with Crippen LogP contribution >= 0.6 is 34.8 Å². The molecule has 3 rings (SSSR count). The Labute approximate surface area is 151 Å². The van der Waals surface area contributed by atoms with Crippen molar-refractivity contribution in [3.63, 3.8) is 0 Å². The lowest BCUT2D eigenvalue weighted by Gasteiger charge is -2.09. The van der Waals surface area contributed by atoms with Gasteiger partial charge in [-0.2, -0.15) is 0 Å². The first-order chi connectivity index (χ1) is 11.5. The standard InChI is InChI=1S/C15H9Cl3N4O2/c16-10-6-12(17)15(13(18)7-10)24-14(23)5-9-1-3-11(4-2-9)22-8-19-20-21-22/h1-4,6-8H,5H2. The molecular formula is C15H9Cl3N4O2. The van der Waals surface area contributed by atoms with Gasteiger partial charge in [0.2, 0.25) is 0 Å². The maximum absolute atomic E-state index is 12.1. The smallest absolute Gasteiger partial charge is 0.315 e. The van der Waals surface area contributed by atoms with Crippen LogP contribution in [0.15, 0.2) is 42.7 Å². The summed E-state index contributed by atoms with van der Waals surface area (Å²) in [5.74, 6) is -0.394. The van der Waals surface area contributed by atoms with Gasteiger partial charge in [-0.25, -0.2) is 4.68 Å². The maximum Gasteiger partial charge on any atom is 0.315 e. The van der Waals surface area contributed by atoms with Gasteiger partial charge in [-0.1, -0.05) is 46.9 Å². The van der Waals surface area contributed by atoms with E-state index in [1.54, 1.807) is 24.3 Å². The molecule has 0 spiro atoms. The lowest BCUT2D eigenvalue weighted by Crippen LogP contribution is -2.12. The van der Waals surface area contributed by atoms with E-state index in [1.807, 2.05) is 0 Å². The van der Waals surface area contributed by atoms with Crippen molar-refractivity contribution in [3.05, 3.63) is 63.4 Å². The minimum Gasteiger partial charge on any atom is -0.423 e. The Kier molecular flexibility index (Phi) is 4.99. The molecule has 0 saturated carbocycles. The SMILES string of the molecule is O=C(Cc1ccc(-n2cnnn2)cc1)Oc1c(Cl)cc(Cl)cc1Cl. The number of benzene rings is 2. The van der Waals surface area contributed by atoms with E-state index >= 15 is 0 Å². The van der Waals surface area contributed by atoms with Crippen molar-refractivity contribution < 1.29 is 9.53 Å². The first-order valence-corrected chi connectivity index (χ1v) is 7.84. The number of carbonyl (C=O) groups is 1. The van der Waals surface area contributed by atoms with Gasteiger partial charge in [0.1, 0.15) is 6.33 Å². The van der Waals surface area contributed by atoms with E-state index in [0.717, 1.165) is 11.3 Å². The van der Waals surface area contributed by atoms with E-state index in [9.17, 15) is 4.79 Å². The molecule has 0 fully saturated rings. The predicted molar refractivity (Wildman–Crippen MR) is 90.0 cm³/mol. The number of hydrogen-bond acceptors (Lipinski definition) is 5. The molecule has 0 aliphatic heterocycles. The Morgan fingerprint density at radius 1 is 1.08 bits per heavy atom. The van der Waals surface area contributed by atoms with Crippen LogP contribution in [0.5, 0.6) is 5.75 Å². The highest BCUT2D eigenvalue weighted by atomic mass is 35.5. The molecule has 6 nitrogen and oxygen atoms in total. The molecule has 0 bridgehead atoms. The fraction of sp³-hybridized carbons (Fsp3) is 0.0667. The molecule has 0 saturated heterocycles. The Morgan fingerprint density at radius 3 is 2.33 bits per heavy atom. The van der Waals surface area contributed by atoms with Crippen LogP contribution in [0.3, 0.4) is 0 Å². The van der Waals surface area contributed by atoms with Crippen LogP contribution < -0.4 is 4.74 Å². The van der Waals surface area contributed by atoms with Crippen molar-refractivity contribution in [2.24, 2.45) is 0 Å². The summed E-state index contributed by atoms with van der Waals surface area (Å²) >= 11 is 17.8. The summed E-state index contributed by atoms with van der Waals surface area (Å²) in [6.07, 6.45) is 1.54. The second-order valence-corrected chi connectivity index (χ2v) is 6.02. The number of tetrazole rings is 1. The van der Waals surface area contributed by atoms with Gasteiger partial charge in [0.05, 0.1) is 22.2 Å². The summed E-state index contributed by atoms with van der Waals surface area (Å²) in [5.41, 5.74) is 1.54. The van der Waals surface area contributed by atoms with E-state index in [0.29, 0.717) is 5.02 Å². The molecule has 122 valence electrons. The van der Waals surface area contributed by atoms with Crippen LogP contribution in [0.25, 0.3) is 5.69 Å². The molecule has 0 aliphatic carbocycles. The fourth-order valence-corrected chi connectivity index (χ4v) is 2.88. The van der Waals surface area contributed by atoms with Crippen LogP contribution in [0.4, 0.5) is 0 Å². The zero-order valence-corrected chi connectivity index (χ0v) is 14.3. The van der Waals surface area contributed by atoms with Gasteiger partial charge in [-0.15, -0.1) is 5.10 Å². The van der Waals surface area contributed by atoms with Crippen LogP contribution in [0, 0.1) is 0 Å². The monoisotopic (exact) mass is 382 g/mol. The second kappa shape index (κ2) is 7.17. The van der Waals surface area contributed by atoms with E-state index in [4.69, 9.17) is 39.5 Å². The minimum absolute atomic E-state index is 0.0607. The van der Waals surface area contributed by atoms with Crippen molar-refractivity contribution in [1.29, 1.82) is 0 Å². The van der Waals surface area contributed by atoms with Gasteiger partial charge >= 0.3 is 5.97 Å². The summed E-state index contributed by atoms with van der Waals surface area (Å²) in [4.78, 5) is 12.1. The highest BCUT2D eigenvalue weighted by molar-refractivity contribution is 6.40. The number of hydrogen-bond donors (Lipinski definition) is 0.